The second-order valence-corrected chi connectivity index (χ2v) is 4.06. The molecule has 0 bridgehead atoms. The Balaban J connectivity index is 2.05. The van der Waals surface area contributed by atoms with Crippen LogP contribution in [0.2, 0.25) is 0 Å². The first-order chi connectivity index (χ1) is 7.75. The molecule has 82 valence electrons. The van der Waals surface area contributed by atoms with Gasteiger partial charge in [-0.05, 0) is 48.6 Å². The standard InChI is InChI=1S/C15H15F/c1-12-5-2-3-7-14(12)10-9-13-6-4-8-15(16)11-13/h2-8,11H,9-10H2,1H3. The van der Waals surface area contributed by atoms with Gasteiger partial charge in [0.1, 0.15) is 5.82 Å². The van der Waals surface area contributed by atoms with Gasteiger partial charge in [-0.2, -0.15) is 0 Å². The molecule has 0 N–H and O–H groups in total. The minimum absolute atomic E-state index is 0.151. The van der Waals surface area contributed by atoms with Gasteiger partial charge in [0.05, 0.1) is 0 Å². The molecule has 1 heteroatoms. The van der Waals surface area contributed by atoms with Crippen LogP contribution in [0.1, 0.15) is 16.7 Å². The van der Waals surface area contributed by atoms with Crippen LogP contribution in [0.25, 0.3) is 0 Å². The summed E-state index contributed by atoms with van der Waals surface area (Å²) in [5, 5.41) is 0. The van der Waals surface area contributed by atoms with Gasteiger partial charge in [-0.25, -0.2) is 4.39 Å². The fourth-order valence-electron chi connectivity index (χ4n) is 1.86. The molecule has 0 saturated heterocycles. The summed E-state index contributed by atoms with van der Waals surface area (Å²) in [4.78, 5) is 0. The second kappa shape index (κ2) is 4.93. The minimum Gasteiger partial charge on any atom is -0.207 e. The predicted molar refractivity (Wildman–Crippen MR) is 65.0 cm³/mol. The zero-order valence-electron chi connectivity index (χ0n) is 9.41. The maximum Gasteiger partial charge on any atom is 0.123 e. The number of hydrogen-bond acceptors (Lipinski definition) is 0. The molecule has 2 aromatic carbocycles. The van der Waals surface area contributed by atoms with Crippen LogP contribution in [0.5, 0.6) is 0 Å². The van der Waals surface area contributed by atoms with Crippen LogP contribution in [0.15, 0.2) is 48.5 Å². The average molecular weight is 214 g/mol. The van der Waals surface area contributed by atoms with Gasteiger partial charge in [-0.1, -0.05) is 36.4 Å². The van der Waals surface area contributed by atoms with E-state index in [0.29, 0.717) is 0 Å². The lowest BCUT2D eigenvalue weighted by Crippen LogP contribution is -1.94. The van der Waals surface area contributed by atoms with Gasteiger partial charge in [0.2, 0.25) is 0 Å². The Bertz CT molecular complexity index is 474. The van der Waals surface area contributed by atoms with E-state index < -0.39 is 0 Å². The molecule has 0 radical (unpaired) electrons. The van der Waals surface area contributed by atoms with Crippen molar-refractivity contribution in [1.29, 1.82) is 0 Å². The average Bonchev–Trinajstić information content (AvgIpc) is 2.28. The van der Waals surface area contributed by atoms with Gasteiger partial charge in [-0.15, -0.1) is 0 Å². The monoisotopic (exact) mass is 214 g/mol. The van der Waals surface area contributed by atoms with E-state index in [2.05, 4.69) is 19.1 Å². The Morgan fingerprint density at radius 1 is 0.938 bits per heavy atom. The second-order valence-electron chi connectivity index (χ2n) is 4.06. The van der Waals surface area contributed by atoms with Crippen molar-refractivity contribution in [1.82, 2.24) is 0 Å². The fraction of sp³-hybridized carbons (Fsp3) is 0.200. The van der Waals surface area contributed by atoms with Crippen LogP contribution in [0.3, 0.4) is 0 Å². The van der Waals surface area contributed by atoms with Crippen LogP contribution < -0.4 is 0 Å². The summed E-state index contributed by atoms with van der Waals surface area (Å²) in [6.07, 6.45) is 1.86. The fourth-order valence-corrected chi connectivity index (χ4v) is 1.86. The highest BCUT2D eigenvalue weighted by Crippen LogP contribution is 2.12. The first-order valence-corrected chi connectivity index (χ1v) is 5.54. The molecule has 0 amide bonds. The highest BCUT2D eigenvalue weighted by molar-refractivity contribution is 5.27. The van der Waals surface area contributed by atoms with Crippen LogP contribution in [0, 0.1) is 12.7 Å². The van der Waals surface area contributed by atoms with E-state index >= 15 is 0 Å². The van der Waals surface area contributed by atoms with Crippen molar-refractivity contribution in [2.45, 2.75) is 19.8 Å². The topological polar surface area (TPSA) is 0 Å². The molecular weight excluding hydrogens is 199 g/mol. The molecule has 0 fully saturated rings. The highest BCUT2D eigenvalue weighted by Gasteiger charge is 1.99. The highest BCUT2D eigenvalue weighted by atomic mass is 19.1. The third kappa shape index (κ3) is 2.69. The molecule has 0 aliphatic heterocycles. The van der Waals surface area contributed by atoms with Crippen molar-refractivity contribution < 1.29 is 4.39 Å². The van der Waals surface area contributed by atoms with Crippen LogP contribution in [-0.2, 0) is 12.8 Å². The molecule has 0 aliphatic carbocycles. The van der Waals surface area contributed by atoms with Gasteiger partial charge < -0.3 is 0 Å². The quantitative estimate of drug-likeness (QED) is 0.726. The van der Waals surface area contributed by atoms with E-state index in [0.717, 1.165) is 18.4 Å². The maximum absolute atomic E-state index is 13.0. The lowest BCUT2D eigenvalue weighted by molar-refractivity contribution is 0.625. The van der Waals surface area contributed by atoms with Gasteiger partial charge in [0, 0.05) is 0 Å². The van der Waals surface area contributed by atoms with E-state index in [1.807, 2.05) is 18.2 Å². The number of rotatable bonds is 3. The predicted octanol–water partition coefficient (Wildman–Crippen LogP) is 3.92. The third-order valence-corrected chi connectivity index (χ3v) is 2.83. The molecule has 0 aromatic heterocycles. The van der Waals surface area contributed by atoms with Gasteiger partial charge in [0.25, 0.3) is 0 Å². The molecule has 0 nitrogen and oxygen atoms in total. The summed E-state index contributed by atoms with van der Waals surface area (Å²) in [6.45, 7) is 2.11. The molecule has 16 heavy (non-hydrogen) atoms. The minimum atomic E-state index is -0.151. The van der Waals surface area contributed by atoms with Crippen molar-refractivity contribution in [3.63, 3.8) is 0 Å². The Labute approximate surface area is 95.7 Å². The molecule has 0 unspecified atom stereocenters. The van der Waals surface area contributed by atoms with Crippen molar-refractivity contribution in [2.24, 2.45) is 0 Å². The van der Waals surface area contributed by atoms with Crippen molar-refractivity contribution in [3.05, 3.63) is 71.0 Å². The normalized spacial score (nSPS) is 10.4. The Morgan fingerprint density at radius 3 is 2.50 bits per heavy atom. The van der Waals surface area contributed by atoms with E-state index in [9.17, 15) is 4.39 Å². The lowest BCUT2D eigenvalue weighted by atomic mass is 10.0. The molecule has 0 spiro atoms. The van der Waals surface area contributed by atoms with Crippen LogP contribution >= 0.6 is 0 Å². The van der Waals surface area contributed by atoms with Crippen LogP contribution in [0.4, 0.5) is 4.39 Å². The molecule has 0 heterocycles. The van der Waals surface area contributed by atoms with Gasteiger partial charge in [0.15, 0.2) is 0 Å². The van der Waals surface area contributed by atoms with E-state index in [4.69, 9.17) is 0 Å². The first kappa shape index (κ1) is 10.9. The van der Waals surface area contributed by atoms with E-state index in [1.54, 1.807) is 12.1 Å². The lowest BCUT2D eigenvalue weighted by Gasteiger charge is -2.05. The molecule has 0 saturated carbocycles. The summed E-state index contributed by atoms with van der Waals surface area (Å²) in [5.41, 5.74) is 3.70. The number of benzene rings is 2. The number of hydrogen-bond donors (Lipinski definition) is 0. The number of aryl methyl sites for hydroxylation is 3. The van der Waals surface area contributed by atoms with Crippen molar-refractivity contribution in [2.75, 3.05) is 0 Å². The van der Waals surface area contributed by atoms with Crippen molar-refractivity contribution >= 4 is 0 Å². The Kier molecular flexibility index (Phi) is 3.35. The van der Waals surface area contributed by atoms with E-state index in [-0.39, 0.29) is 5.82 Å². The Hall–Kier alpha value is -1.63. The summed E-state index contributed by atoms with van der Waals surface area (Å²) < 4.78 is 13.0. The summed E-state index contributed by atoms with van der Waals surface area (Å²) in [5.74, 6) is -0.151. The largest absolute Gasteiger partial charge is 0.207 e. The summed E-state index contributed by atoms with van der Waals surface area (Å²) in [6, 6.07) is 15.2. The number of halogens is 1. The zero-order chi connectivity index (χ0) is 11.4. The third-order valence-electron chi connectivity index (χ3n) is 2.83. The Morgan fingerprint density at radius 2 is 1.75 bits per heavy atom. The smallest absolute Gasteiger partial charge is 0.123 e. The first-order valence-electron chi connectivity index (χ1n) is 5.54. The molecule has 0 atom stereocenters. The molecule has 0 aliphatic rings. The van der Waals surface area contributed by atoms with Gasteiger partial charge in [-0.3, -0.25) is 0 Å². The molecule has 2 aromatic rings. The summed E-state index contributed by atoms with van der Waals surface area (Å²) >= 11 is 0. The zero-order valence-corrected chi connectivity index (χ0v) is 9.41. The van der Waals surface area contributed by atoms with Crippen molar-refractivity contribution in [3.8, 4) is 0 Å². The van der Waals surface area contributed by atoms with Gasteiger partial charge >= 0.3 is 0 Å². The summed E-state index contributed by atoms with van der Waals surface area (Å²) in [7, 11) is 0. The molecule has 2 rings (SSSR count). The SMILES string of the molecule is Cc1ccccc1CCc1cccc(F)c1. The van der Waals surface area contributed by atoms with Crippen LogP contribution in [-0.4, -0.2) is 0 Å². The molecular formula is C15H15F. The maximum atomic E-state index is 13.0. The van der Waals surface area contributed by atoms with E-state index in [1.165, 1.54) is 17.2 Å².